The first-order chi connectivity index (χ1) is 12.7. The summed E-state index contributed by atoms with van der Waals surface area (Å²) in [6.45, 7) is 3.77. The van der Waals surface area contributed by atoms with Crippen molar-refractivity contribution in [2.45, 2.75) is 30.8 Å². The highest BCUT2D eigenvalue weighted by Crippen LogP contribution is 2.22. The Labute approximate surface area is 159 Å². The van der Waals surface area contributed by atoms with Crippen molar-refractivity contribution in [3.8, 4) is 0 Å². The van der Waals surface area contributed by atoms with Gasteiger partial charge in [-0.2, -0.15) is 0 Å². The summed E-state index contributed by atoms with van der Waals surface area (Å²) in [5.74, 6) is 0.854. The van der Waals surface area contributed by atoms with E-state index in [0.717, 1.165) is 11.3 Å². The molecule has 27 heavy (non-hydrogen) atoms. The Hall–Kier alpha value is -1.97. The molecule has 0 radical (unpaired) electrons. The van der Waals surface area contributed by atoms with E-state index in [1.54, 1.807) is 18.2 Å². The molecule has 0 saturated carbocycles. The van der Waals surface area contributed by atoms with E-state index in [1.807, 2.05) is 23.4 Å². The number of carbonyl (C=O) groups is 1. The zero-order valence-corrected chi connectivity index (χ0v) is 17.0. The molecular formula is C18H26N4O4S. The summed E-state index contributed by atoms with van der Waals surface area (Å²) in [5, 5.41) is 0. The highest BCUT2D eigenvalue weighted by Gasteiger charge is 2.22. The van der Waals surface area contributed by atoms with Crippen molar-refractivity contribution in [1.29, 1.82) is 0 Å². The Morgan fingerprint density at radius 3 is 2.78 bits per heavy atom. The molecule has 1 aromatic heterocycles. The Kier molecular flexibility index (Phi) is 5.55. The summed E-state index contributed by atoms with van der Waals surface area (Å²) in [6, 6.07) is 4.93. The van der Waals surface area contributed by atoms with Gasteiger partial charge in [0.15, 0.2) is 0 Å². The molecule has 148 valence electrons. The lowest BCUT2D eigenvalue weighted by Crippen LogP contribution is -2.44. The van der Waals surface area contributed by atoms with E-state index in [0.29, 0.717) is 38.1 Å². The van der Waals surface area contributed by atoms with Crippen LogP contribution in [-0.4, -0.2) is 73.0 Å². The van der Waals surface area contributed by atoms with E-state index in [1.165, 1.54) is 18.4 Å². The molecule has 1 atom stereocenters. The van der Waals surface area contributed by atoms with Gasteiger partial charge in [0.1, 0.15) is 5.82 Å². The molecule has 1 aliphatic heterocycles. The van der Waals surface area contributed by atoms with E-state index in [4.69, 9.17) is 4.74 Å². The first-order valence-corrected chi connectivity index (χ1v) is 10.4. The Balaban J connectivity index is 1.77. The summed E-state index contributed by atoms with van der Waals surface area (Å²) in [7, 11) is 1.38. The molecule has 3 rings (SSSR count). The Morgan fingerprint density at radius 1 is 1.37 bits per heavy atom. The number of hydrogen-bond acceptors (Lipinski definition) is 5. The van der Waals surface area contributed by atoms with Gasteiger partial charge in [-0.05, 0) is 25.1 Å². The zero-order chi connectivity index (χ0) is 19.8. The standard InChI is InChI=1S/C18H26N4O4S/c1-13-12-22(9-10-26-13)18(23)8-7-17-19-15-11-14(27(24,25)20(2)3)5-6-16(15)21(17)4/h5-6,11,13H,7-10,12H2,1-4H3. The number of hydrogen-bond donors (Lipinski definition) is 0. The van der Waals surface area contributed by atoms with Crippen LogP contribution < -0.4 is 0 Å². The van der Waals surface area contributed by atoms with Crippen molar-refractivity contribution in [2.75, 3.05) is 33.8 Å². The second-order valence-electron chi connectivity index (χ2n) is 7.05. The van der Waals surface area contributed by atoms with Crippen LogP contribution in [0.3, 0.4) is 0 Å². The molecule has 9 heteroatoms. The molecule has 2 aromatic rings. The van der Waals surface area contributed by atoms with E-state index in [2.05, 4.69) is 4.98 Å². The molecule has 0 bridgehead atoms. The van der Waals surface area contributed by atoms with Crippen molar-refractivity contribution >= 4 is 27.0 Å². The SMILES string of the molecule is CC1CN(C(=O)CCc2nc3cc(S(=O)(=O)N(C)C)ccc3n2C)CCO1. The maximum Gasteiger partial charge on any atom is 0.242 e. The first-order valence-electron chi connectivity index (χ1n) is 8.97. The van der Waals surface area contributed by atoms with Gasteiger partial charge in [0.05, 0.1) is 28.6 Å². The molecule has 0 N–H and O–H groups in total. The van der Waals surface area contributed by atoms with Crippen LogP contribution in [-0.2, 0) is 33.0 Å². The van der Waals surface area contributed by atoms with Crippen LogP contribution in [0.4, 0.5) is 0 Å². The maximum atomic E-state index is 12.5. The molecular weight excluding hydrogens is 368 g/mol. The Morgan fingerprint density at radius 2 is 2.11 bits per heavy atom. The number of amides is 1. The van der Waals surface area contributed by atoms with Gasteiger partial charge in [0.2, 0.25) is 15.9 Å². The summed E-state index contributed by atoms with van der Waals surface area (Å²) < 4.78 is 33.2. The molecule has 1 aliphatic rings. The van der Waals surface area contributed by atoms with Crippen LogP contribution in [0.5, 0.6) is 0 Å². The van der Waals surface area contributed by atoms with Crippen molar-refractivity contribution in [2.24, 2.45) is 7.05 Å². The van der Waals surface area contributed by atoms with E-state index in [9.17, 15) is 13.2 Å². The number of imidazole rings is 1. The highest BCUT2D eigenvalue weighted by molar-refractivity contribution is 7.89. The normalized spacial score (nSPS) is 18.4. The molecule has 0 spiro atoms. The lowest BCUT2D eigenvalue weighted by atomic mass is 10.2. The third kappa shape index (κ3) is 3.99. The fourth-order valence-electron chi connectivity index (χ4n) is 3.25. The molecule has 2 heterocycles. The lowest BCUT2D eigenvalue weighted by Gasteiger charge is -2.31. The molecule has 1 fully saturated rings. The number of nitrogens with zero attached hydrogens (tertiary/aromatic N) is 4. The minimum atomic E-state index is -3.51. The molecule has 1 saturated heterocycles. The van der Waals surface area contributed by atoms with Crippen LogP contribution in [0.15, 0.2) is 23.1 Å². The average Bonchev–Trinajstić information content (AvgIpc) is 2.95. The van der Waals surface area contributed by atoms with Crippen molar-refractivity contribution in [1.82, 2.24) is 18.8 Å². The first kappa shape index (κ1) is 19.8. The van der Waals surface area contributed by atoms with Crippen molar-refractivity contribution < 1.29 is 17.9 Å². The second-order valence-corrected chi connectivity index (χ2v) is 9.20. The number of rotatable bonds is 5. The van der Waals surface area contributed by atoms with Crippen LogP contribution in [0.1, 0.15) is 19.2 Å². The van der Waals surface area contributed by atoms with Crippen LogP contribution in [0.25, 0.3) is 11.0 Å². The van der Waals surface area contributed by atoms with Crippen LogP contribution in [0, 0.1) is 0 Å². The topological polar surface area (TPSA) is 84.7 Å². The fraction of sp³-hybridized carbons (Fsp3) is 0.556. The van der Waals surface area contributed by atoms with Gasteiger partial charge in [-0.25, -0.2) is 17.7 Å². The quantitative estimate of drug-likeness (QED) is 0.755. The van der Waals surface area contributed by atoms with Gasteiger partial charge in [-0.3, -0.25) is 4.79 Å². The lowest BCUT2D eigenvalue weighted by molar-refractivity contribution is -0.138. The summed E-state index contributed by atoms with van der Waals surface area (Å²) in [4.78, 5) is 19.1. The van der Waals surface area contributed by atoms with Gasteiger partial charge in [-0.1, -0.05) is 0 Å². The third-order valence-electron chi connectivity index (χ3n) is 4.88. The number of carbonyl (C=O) groups excluding carboxylic acids is 1. The predicted molar refractivity (Wildman–Crippen MR) is 102 cm³/mol. The number of ether oxygens (including phenoxy) is 1. The van der Waals surface area contributed by atoms with Gasteiger partial charge >= 0.3 is 0 Å². The third-order valence-corrected chi connectivity index (χ3v) is 6.69. The average molecular weight is 394 g/mol. The largest absolute Gasteiger partial charge is 0.375 e. The molecule has 1 amide bonds. The molecule has 0 aliphatic carbocycles. The minimum Gasteiger partial charge on any atom is -0.375 e. The molecule has 8 nitrogen and oxygen atoms in total. The number of aryl methyl sites for hydroxylation is 2. The second kappa shape index (κ2) is 7.57. The van der Waals surface area contributed by atoms with Crippen LogP contribution >= 0.6 is 0 Å². The van der Waals surface area contributed by atoms with E-state index < -0.39 is 10.0 Å². The summed E-state index contributed by atoms with van der Waals surface area (Å²) in [6.07, 6.45) is 0.939. The van der Waals surface area contributed by atoms with E-state index in [-0.39, 0.29) is 16.9 Å². The van der Waals surface area contributed by atoms with Gasteiger partial charge in [-0.15, -0.1) is 0 Å². The van der Waals surface area contributed by atoms with Gasteiger partial charge in [0, 0.05) is 47.1 Å². The van der Waals surface area contributed by atoms with E-state index >= 15 is 0 Å². The summed E-state index contributed by atoms with van der Waals surface area (Å²) >= 11 is 0. The Bertz CT molecular complexity index is 952. The van der Waals surface area contributed by atoms with Gasteiger partial charge in [0.25, 0.3) is 0 Å². The number of sulfonamides is 1. The minimum absolute atomic E-state index is 0.0653. The number of benzene rings is 1. The molecule has 1 unspecified atom stereocenters. The van der Waals surface area contributed by atoms with Crippen molar-refractivity contribution in [3.05, 3.63) is 24.0 Å². The highest BCUT2D eigenvalue weighted by atomic mass is 32.2. The number of morpholine rings is 1. The smallest absolute Gasteiger partial charge is 0.242 e. The fourth-order valence-corrected chi connectivity index (χ4v) is 4.17. The monoisotopic (exact) mass is 394 g/mol. The predicted octanol–water partition coefficient (Wildman–Crippen LogP) is 1.00. The van der Waals surface area contributed by atoms with Crippen LogP contribution in [0.2, 0.25) is 0 Å². The number of fused-ring (bicyclic) bond motifs is 1. The summed E-state index contributed by atoms with van der Waals surface area (Å²) in [5.41, 5.74) is 1.46. The number of aromatic nitrogens is 2. The molecule has 1 aromatic carbocycles. The zero-order valence-electron chi connectivity index (χ0n) is 16.2. The van der Waals surface area contributed by atoms with Gasteiger partial charge < -0.3 is 14.2 Å². The van der Waals surface area contributed by atoms with Crippen molar-refractivity contribution in [3.63, 3.8) is 0 Å². The maximum absolute atomic E-state index is 12.5.